The summed E-state index contributed by atoms with van der Waals surface area (Å²) in [5.74, 6) is 0.612. The van der Waals surface area contributed by atoms with Gasteiger partial charge >= 0.3 is 0 Å². The summed E-state index contributed by atoms with van der Waals surface area (Å²) in [6.45, 7) is 0. The van der Waals surface area contributed by atoms with Gasteiger partial charge < -0.3 is 0 Å². The predicted molar refractivity (Wildman–Crippen MR) is 71.8 cm³/mol. The zero-order chi connectivity index (χ0) is 10.9. The molecule has 0 nitrogen and oxygen atoms in total. The molecule has 1 aromatic rings. The second-order valence-corrected chi connectivity index (χ2v) is 5.42. The summed E-state index contributed by atoms with van der Waals surface area (Å²) < 4.78 is 0. The molecule has 0 aromatic heterocycles. The first-order chi connectivity index (χ1) is 7.33. The average molecular weight is 290 g/mol. The van der Waals surface area contributed by atoms with Crippen molar-refractivity contribution in [3.8, 4) is 0 Å². The maximum Gasteiger partial charge on any atom is 0.0474 e. The van der Waals surface area contributed by atoms with Crippen molar-refractivity contribution in [2.75, 3.05) is 0 Å². The van der Waals surface area contributed by atoms with Crippen molar-refractivity contribution in [1.29, 1.82) is 0 Å². The molecule has 2 rings (SSSR count). The van der Waals surface area contributed by atoms with Crippen molar-refractivity contribution in [2.45, 2.75) is 42.8 Å². The van der Waals surface area contributed by atoms with Crippen molar-refractivity contribution >= 4 is 27.5 Å². The van der Waals surface area contributed by atoms with Crippen LogP contribution < -0.4 is 0 Å². The van der Waals surface area contributed by atoms with Gasteiger partial charge in [-0.2, -0.15) is 0 Å². The van der Waals surface area contributed by atoms with Crippen LogP contribution in [0.5, 0.6) is 0 Å². The van der Waals surface area contributed by atoms with Crippen molar-refractivity contribution in [3.63, 3.8) is 0 Å². The van der Waals surface area contributed by atoms with E-state index in [1.54, 1.807) is 0 Å². The monoisotopic (exact) mass is 288 g/mol. The molecule has 15 heavy (non-hydrogen) atoms. The molecule has 0 atom stereocenters. The molecule has 0 unspecified atom stereocenters. The first-order valence-electron chi connectivity index (χ1n) is 5.57. The van der Waals surface area contributed by atoms with Gasteiger partial charge in [-0.15, -0.1) is 11.6 Å². The summed E-state index contributed by atoms with van der Waals surface area (Å²) in [7, 11) is 0. The fourth-order valence-corrected chi connectivity index (χ4v) is 2.45. The van der Waals surface area contributed by atoms with E-state index in [0.717, 1.165) is 4.83 Å². The van der Waals surface area contributed by atoms with Gasteiger partial charge in [0.2, 0.25) is 0 Å². The van der Waals surface area contributed by atoms with Crippen LogP contribution in [-0.4, -0.2) is 4.83 Å². The molecule has 1 saturated carbocycles. The molecule has 84 valence electrons. The van der Waals surface area contributed by atoms with Crippen LogP contribution in [0.4, 0.5) is 0 Å². The largest absolute Gasteiger partial charge is 0.122 e. The Morgan fingerprint density at radius 1 is 1.07 bits per heavy atom. The summed E-state index contributed by atoms with van der Waals surface area (Å²) in [6, 6.07) is 9.96. The topological polar surface area (TPSA) is 0 Å². The Kier molecular flexibility index (Phi) is 7.12. The van der Waals surface area contributed by atoms with E-state index in [4.69, 9.17) is 11.6 Å². The number of rotatable bonds is 1. The van der Waals surface area contributed by atoms with Gasteiger partial charge in [0.15, 0.2) is 0 Å². The highest BCUT2D eigenvalue weighted by Gasteiger charge is 2.07. The molecule has 0 spiro atoms. The molecule has 1 aliphatic rings. The molecule has 1 aromatic carbocycles. The minimum Gasteiger partial charge on any atom is -0.122 e. The SMILES string of the molecule is BrC1CCCCC1.ClCc1ccccc1. The molecule has 0 amide bonds. The molecule has 2 heteroatoms. The summed E-state index contributed by atoms with van der Waals surface area (Å²) in [6.07, 6.45) is 7.15. The van der Waals surface area contributed by atoms with Crippen LogP contribution in [0.3, 0.4) is 0 Å². The Balaban J connectivity index is 0.000000151. The third-order valence-corrected chi connectivity index (χ3v) is 3.76. The molecular formula is C13H18BrCl. The highest BCUT2D eigenvalue weighted by atomic mass is 79.9. The van der Waals surface area contributed by atoms with Gasteiger partial charge in [0, 0.05) is 10.7 Å². The molecule has 1 fully saturated rings. The smallest absolute Gasteiger partial charge is 0.0474 e. The summed E-state index contributed by atoms with van der Waals surface area (Å²) in [5.41, 5.74) is 1.18. The van der Waals surface area contributed by atoms with Gasteiger partial charge in [-0.3, -0.25) is 0 Å². The minimum atomic E-state index is 0.612. The molecule has 1 aliphatic carbocycles. The van der Waals surface area contributed by atoms with E-state index in [1.165, 1.54) is 37.7 Å². The van der Waals surface area contributed by atoms with Crippen LogP contribution in [0.1, 0.15) is 37.7 Å². The van der Waals surface area contributed by atoms with Crippen molar-refractivity contribution in [2.24, 2.45) is 0 Å². The van der Waals surface area contributed by atoms with E-state index < -0.39 is 0 Å². The lowest BCUT2D eigenvalue weighted by Gasteiger charge is -2.13. The fraction of sp³-hybridized carbons (Fsp3) is 0.538. The number of hydrogen-bond acceptors (Lipinski definition) is 0. The van der Waals surface area contributed by atoms with Crippen molar-refractivity contribution < 1.29 is 0 Å². The van der Waals surface area contributed by atoms with Gasteiger partial charge in [-0.25, -0.2) is 0 Å². The van der Waals surface area contributed by atoms with Gasteiger partial charge in [0.05, 0.1) is 0 Å². The van der Waals surface area contributed by atoms with Crippen LogP contribution in [0.15, 0.2) is 30.3 Å². The molecule has 0 radical (unpaired) electrons. The standard InChI is InChI=1S/C7H7Cl.C6H11Br/c8-6-7-4-2-1-3-5-7;7-6-4-2-1-3-5-6/h1-5H,6H2;6H,1-5H2. The minimum absolute atomic E-state index is 0.612. The van der Waals surface area contributed by atoms with Crippen molar-refractivity contribution in [3.05, 3.63) is 35.9 Å². The van der Waals surface area contributed by atoms with Gasteiger partial charge in [0.25, 0.3) is 0 Å². The maximum absolute atomic E-state index is 5.53. The molecule has 0 saturated heterocycles. The van der Waals surface area contributed by atoms with E-state index >= 15 is 0 Å². The first kappa shape index (κ1) is 13.1. The second-order valence-electron chi connectivity index (χ2n) is 3.85. The Morgan fingerprint density at radius 3 is 2.00 bits per heavy atom. The van der Waals surface area contributed by atoms with Crippen LogP contribution in [-0.2, 0) is 5.88 Å². The highest BCUT2D eigenvalue weighted by Crippen LogP contribution is 2.22. The van der Waals surface area contributed by atoms with Gasteiger partial charge in [-0.1, -0.05) is 65.5 Å². The normalized spacial score (nSPS) is 16.7. The van der Waals surface area contributed by atoms with E-state index in [1.807, 2.05) is 30.3 Å². The maximum atomic E-state index is 5.53. The van der Waals surface area contributed by atoms with Crippen LogP contribution >= 0.6 is 27.5 Å². The van der Waals surface area contributed by atoms with Crippen molar-refractivity contribution in [1.82, 2.24) is 0 Å². The second kappa shape index (κ2) is 8.18. The van der Waals surface area contributed by atoms with Crippen LogP contribution in [0.25, 0.3) is 0 Å². The molecular weight excluding hydrogens is 272 g/mol. The van der Waals surface area contributed by atoms with E-state index in [2.05, 4.69) is 15.9 Å². The quantitative estimate of drug-likeness (QED) is 0.628. The zero-order valence-electron chi connectivity index (χ0n) is 8.96. The third-order valence-electron chi connectivity index (χ3n) is 2.53. The lowest BCUT2D eigenvalue weighted by atomic mass is 10.0. The Morgan fingerprint density at radius 2 is 1.67 bits per heavy atom. The number of alkyl halides is 2. The Labute approximate surface area is 106 Å². The fourth-order valence-electron chi connectivity index (χ4n) is 1.62. The number of halogens is 2. The predicted octanol–water partition coefficient (Wildman–Crippen LogP) is 5.14. The number of benzene rings is 1. The van der Waals surface area contributed by atoms with Crippen LogP contribution in [0.2, 0.25) is 0 Å². The lowest BCUT2D eigenvalue weighted by molar-refractivity contribution is 0.521. The average Bonchev–Trinajstić information content (AvgIpc) is 2.32. The van der Waals surface area contributed by atoms with E-state index in [-0.39, 0.29) is 0 Å². The van der Waals surface area contributed by atoms with Gasteiger partial charge in [0.1, 0.15) is 0 Å². The van der Waals surface area contributed by atoms with Gasteiger partial charge in [-0.05, 0) is 18.4 Å². The first-order valence-corrected chi connectivity index (χ1v) is 7.02. The molecule has 0 N–H and O–H groups in total. The molecule has 0 heterocycles. The molecule has 0 bridgehead atoms. The summed E-state index contributed by atoms with van der Waals surface area (Å²) in [5, 5.41) is 0. The van der Waals surface area contributed by atoms with E-state index in [0.29, 0.717) is 5.88 Å². The van der Waals surface area contributed by atoms with E-state index in [9.17, 15) is 0 Å². The Bertz CT molecular complexity index is 242. The Hall–Kier alpha value is -0.0100. The number of hydrogen-bond donors (Lipinski definition) is 0. The molecule has 0 aliphatic heterocycles. The highest BCUT2D eigenvalue weighted by molar-refractivity contribution is 9.09. The lowest BCUT2D eigenvalue weighted by Crippen LogP contribution is -2.02. The summed E-state index contributed by atoms with van der Waals surface area (Å²) >= 11 is 9.12. The third kappa shape index (κ3) is 6.21. The van der Waals surface area contributed by atoms with Crippen LogP contribution in [0, 0.1) is 0 Å². The summed E-state index contributed by atoms with van der Waals surface area (Å²) in [4.78, 5) is 0.848. The zero-order valence-corrected chi connectivity index (χ0v) is 11.3.